The van der Waals surface area contributed by atoms with E-state index in [1.807, 2.05) is 19.2 Å². The number of rotatable bonds is 3. The van der Waals surface area contributed by atoms with E-state index in [2.05, 4.69) is 4.98 Å². The molecule has 0 saturated heterocycles. The van der Waals surface area contributed by atoms with Gasteiger partial charge < -0.3 is 5.11 Å². The van der Waals surface area contributed by atoms with Crippen molar-refractivity contribution in [1.29, 1.82) is 0 Å². The van der Waals surface area contributed by atoms with Crippen LogP contribution >= 0.6 is 0 Å². The Morgan fingerprint density at radius 1 is 1.29 bits per heavy atom. The van der Waals surface area contributed by atoms with Crippen molar-refractivity contribution in [1.82, 2.24) is 4.98 Å². The van der Waals surface area contributed by atoms with E-state index in [-0.39, 0.29) is 6.10 Å². The SMILES string of the molecule is Cc1ccncc1C(O)CC1CCCCCC1. The standard InChI is InChI=1S/C15H23NO/c1-12-8-9-16-11-14(12)15(17)10-13-6-4-2-3-5-7-13/h8-9,11,13,15,17H,2-7,10H2,1H3. The van der Waals surface area contributed by atoms with Gasteiger partial charge in [0.25, 0.3) is 0 Å². The lowest BCUT2D eigenvalue weighted by molar-refractivity contribution is 0.138. The summed E-state index contributed by atoms with van der Waals surface area (Å²) in [6, 6.07) is 1.98. The largest absolute Gasteiger partial charge is 0.388 e. The Labute approximate surface area is 104 Å². The van der Waals surface area contributed by atoms with Crippen molar-refractivity contribution in [2.45, 2.75) is 58.0 Å². The zero-order valence-electron chi connectivity index (χ0n) is 10.7. The summed E-state index contributed by atoms with van der Waals surface area (Å²) < 4.78 is 0. The van der Waals surface area contributed by atoms with Gasteiger partial charge in [0, 0.05) is 18.0 Å². The van der Waals surface area contributed by atoms with Crippen molar-refractivity contribution in [3.05, 3.63) is 29.6 Å². The first kappa shape index (κ1) is 12.6. The van der Waals surface area contributed by atoms with Crippen LogP contribution in [0.3, 0.4) is 0 Å². The van der Waals surface area contributed by atoms with Crippen LogP contribution in [0.1, 0.15) is 62.2 Å². The highest BCUT2D eigenvalue weighted by molar-refractivity contribution is 5.23. The first-order chi connectivity index (χ1) is 8.27. The summed E-state index contributed by atoms with van der Waals surface area (Å²) in [6.07, 6.45) is 12.2. The highest BCUT2D eigenvalue weighted by Gasteiger charge is 2.18. The number of aromatic nitrogens is 1. The molecule has 2 heteroatoms. The Bertz CT molecular complexity index is 343. The van der Waals surface area contributed by atoms with E-state index in [1.54, 1.807) is 6.20 Å². The van der Waals surface area contributed by atoms with Crippen LogP contribution in [0.2, 0.25) is 0 Å². The topological polar surface area (TPSA) is 33.1 Å². The first-order valence-electron chi connectivity index (χ1n) is 6.86. The monoisotopic (exact) mass is 233 g/mol. The maximum absolute atomic E-state index is 10.3. The second kappa shape index (κ2) is 6.15. The number of nitrogens with zero attached hydrogens (tertiary/aromatic N) is 1. The third-order valence-electron chi connectivity index (χ3n) is 3.97. The van der Waals surface area contributed by atoms with Crippen LogP contribution in [0.4, 0.5) is 0 Å². The van der Waals surface area contributed by atoms with Crippen LogP contribution in [-0.2, 0) is 0 Å². The average Bonchev–Trinajstić information content (AvgIpc) is 2.58. The normalized spacial score (nSPS) is 19.9. The summed E-state index contributed by atoms with van der Waals surface area (Å²) in [5.41, 5.74) is 2.16. The Morgan fingerprint density at radius 3 is 2.65 bits per heavy atom. The molecule has 1 N–H and O–H groups in total. The minimum absolute atomic E-state index is 0.327. The number of aryl methyl sites for hydroxylation is 1. The average molecular weight is 233 g/mol. The number of aliphatic hydroxyl groups excluding tert-OH is 1. The minimum Gasteiger partial charge on any atom is -0.388 e. The number of pyridine rings is 1. The van der Waals surface area contributed by atoms with Gasteiger partial charge in [-0.05, 0) is 30.9 Å². The molecule has 1 heterocycles. The number of aliphatic hydroxyl groups is 1. The van der Waals surface area contributed by atoms with Crippen LogP contribution < -0.4 is 0 Å². The predicted octanol–water partition coefficient (Wildman–Crippen LogP) is 3.78. The van der Waals surface area contributed by atoms with Crippen LogP contribution in [0.15, 0.2) is 18.5 Å². The fourth-order valence-electron chi connectivity index (χ4n) is 2.87. The molecule has 1 aliphatic rings. The van der Waals surface area contributed by atoms with E-state index in [0.29, 0.717) is 5.92 Å². The highest BCUT2D eigenvalue weighted by atomic mass is 16.3. The minimum atomic E-state index is -0.327. The molecule has 1 saturated carbocycles. The van der Waals surface area contributed by atoms with Crippen molar-refractivity contribution < 1.29 is 5.11 Å². The van der Waals surface area contributed by atoms with E-state index in [0.717, 1.165) is 17.5 Å². The molecule has 0 bridgehead atoms. The Hall–Kier alpha value is -0.890. The molecule has 17 heavy (non-hydrogen) atoms. The molecule has 1 fully saturated rings. The molecule has 0 aliphatic heterocycles. The zero-order chi connectivity index (χ0) is 12.1. The van der Waals surface area contributed by atoms with Crippen LogP contribution in [0.5, 0.6) is 0 Å². The van der Waals surface area contributed by atoms with Crippen molar-refractivity contribution in [3.8, 4) is 0 Å². The predicted molar refractivity (Wildman–Crippen MR) is 69.7 cm³/mol. The summed E-state index contributed by atoms with van der Waals surface area (Å²) >= 11 is 0. The Balaban J connectivity index is 1.96. The first-order valence-corrected chi connectivity index (χ1v) is 6.86. The summed E-state index contributed by atoms with van der Waals surface area (Å²) in [7, 11) is 0. The fraction of sp³-hybridized carbons (Fsp3) is 0.667. The lowest BCUT2D eigenvalue weighted by atomic mass is 9.90. The third-order valence-corrected chi connectivity index (χ3v) is 3.97. The molecule has 94 valence electrons. The van der Waals surface area contributed by atoms with Gasteiger partial charge in [-0.3, -0.25) is 4.98 Å². The Kier molecular flexibility index (Phi) is 4.55. The molecule has 1 atom stereocenters. The Morgan fingerprint density at radius 2 is 2.00 bits per heavy atom. The van der Waals surface area contributed by atoms with Gasteiger partial charge in [0.15, 0.2) is 0 Å². The zero-order valence-corrected chi connectivity index (χ0v) is 10.7. The molecule has 0 amide bonds. The van der Waals surface area contributed by atoms with Crippen molar-refractivity contribution in [2.24, 2.45) is 5.92 Å². The highest BCUT2D eigenvalue weighted by Crippen LogP contribution is 2.31. The van der Waals surface area contributed by atoms with Crippen LogP contribution in [-0.4, -0.2) is 10.1 Å². The van der Waals surface area contributed by atoms with Crippen LogP contribution in [0, 0.1) is 12.8 Å². The maximum Gasteiger partial charge on any atom is 0.0810 e. The summed E-state index contributed by atoms with van der Waals surface area (Å²) in [5, 5.41) is 10.3. The molecular weight excluding hydrogens is 210 g/mol. The van der Waals surface area contributed by atoms with E-state index in [9.17, 15) is 5.11 Å². The third kappa shape index (κ3) is 3.53. The smallest absolute Gasteiger partial charge is 0.0810 e. The van der Waals surface area contributed by atoms with Gasteiger partial charge in [-0.15, -0.1) is 0 Å². The molecule has 0 radical (unpaired) electrons. The molecule has 1 aromatic rings. The lowest BCUT2D eigenvalue weighted by Crippen LogP contribution is -2.08. The van der Waals surface area contributed by atoms with E-state index >= 15 is 0 Å². The molecule has 2 nitrogen and oxygen atoms in total. The van der Waals surface area contributed by atoms with Gasteiger partial charge in [-0.2, -0.15) is 0 Å². The quantitative estimate of drug-likeness (QED) is 0.806. The van der Waals surface area contributed by atoms with Gasteiger partial charge in [0.2, 0.25) is 0 Å². The molecule has 1 aliphatic carbocycles. The van der Waals surface area contributed by atoms with Crippen molar-refractivity contribution in [3.63, 3.8) is 0 Å². The lowest BCUT2D eigenvalue weighted by Gasteiger charge is -2.19. The van der Waals surface area contributed by atoms with E-state index in [4.69, 9.17) is 0 Å². The molecule has 0 aromatic carbocycles. The van der Waals surface area contributed by atoms with Gasteiger partial charge in [-0.25, -0.2) is 0 Å². The maximum atomic E-state index is 10.3. The molecule has 1 aromatic heterocycles. The molecule has 1 unspecified atom stereocenters. The second-order valence-electron chi connectivity index (χ2n) is 5.34. The van der Waals surface area contributed by atoms with E-state index in [1.165, 1.54) is 38.5 Å². The fourth-order valence-corrected chi connectivity index (χ4v) is 2.87. The summed E-state index contributed by atoms with van der Waals surface area (Å²) in [6.45, 7) is 2.05. The molecular formula is C15H23NO. The van der Waals surface area contributed by atoms with Crippen molar-refractivity contribution in [2.75, 3.05) is 0 Å². The number of hydrogen-bond acceptors (Lipinski definition) is 2. The number of hydrogen-bond donors (Lipinski definition) is 1. The van der Waals surface area contributed by atoms with Gasteiger partial charge in [0.05, 0.1) is 6.10 Å². The van der Waals surface area contributed by atoms with Crippen LogP contribution in [0.25, 0.3) is 0 Å². The van der Waals surface area contributed by atoms with Gasteiger partial charge >= 0.3 is 0 Å². The van der Waals surface area contributed by atoms with E-state index < -0.39 is 0 Å². The summed E-state index contributed by atoms with van der Waals surface area (Å²) in [4.78, 5) is 4.12. The van der Waals surface area contributed by atoms with Gasteiger partial charge in [0.1, 0.15) is 0 Å². The summed E-state index contributed by atoms with van der Waals surface area (Å²) in [5.74, 6) is 0.701. The molecule has 2 rings (SSSR count). The second-order valence-corrected chi connectivity index (χ2v) is 5.34. The molecule has 0 spiro atoms. The van der Waals surface area contributed by atoms with Crippen molar-refractivity contribution >= 4 is 0 Å². The van der Waals surface area contributed by atoms with Gasteiger partial charge in [-0.1, -0.05) is 38.5 Å².